The number of ether oxygens (including phenoxy) is 1. The summed E-state index contributed by atoms with van der Waals surface area (Å²) < 4.78 is 5.17. The van der Waals surface area contributed by atoms with E-state index in [2.05, 4.69) is 20.6 Å². The van der Waals surface area contributed by atoms with E-state index in [1.54, 1.807) is 12.3 Å². The predicted octanol–water partition coefficient (Wildman–Crippen LogP) is 4.87. The largest absolute Gasteiger partial charge is 0.441 e. The smallest absolute Gasteiger partial charge is 0.408 e. The number of pyridine rings is 1. The third kappa shape index (κ3) is 4.93. The minimum absolute atomic E-state index is 0.0221. The number of aromatic amines is 1. The molecule has 32 heavy (non-hydrogen) atoms. The van der Waals surface area contributed by atoms with Crippen LogP contribution in [-0.4, -0.2) is 33.6 Å². The maximum absolute atomic E-state index is 12.3. The van der Waals surface area contributed by atoms with Crippen LogP contribution in [0.1, 0.15) is 67.9 Å². The Balaban J connectivity index is 0.000000158. The molecule has 3 aromatic rings. The van der Waals surface area contributed by atoms with Crippen molar-refractivity contribution >= 4 is 23.0 Å². The first-order valence-electron chi connectivity index (χ1n) is 11.2. The lowest BCUT2D eigenvalue weighted by Crippen LogP contribution is -2.36. The van der Waals surface area contributed by atoms with E-state index in [1.165, 1.54) is 19.3 Å². The summed E-state index contributed by atoms with van der Waals surface area (Å²) in [5.74, 6) is 0.0221. The maximum atomic E-state index is 12.3. The van der Waals surface area contributed by atoms with E-state index < -0.39 is 5.60 Å². The summed E-state index contributed by atoms with van der Waals surface area (Å²) in [5, 5.41) is 6.83. The first-order valence-corrected chi connectivity index (χ1v) is 11.2. The Morgan fingerprint density at radius 2 is 1.84 bits per heavy atom. The number of H-pyrrole nitrogens is 1. The Hall–Kier alpha value is -3.35. The topological polar surface area (TPSA) is 96.1 Å². The number of cyclic esters (lactones) is 1. The van der Waals surface area contributed by atoms with Gasteiger partial charge in [0.25, 0.3) is 5.91 Å². The molecule has 2 fully saturated rings. The van der Waals surface area contributed by atoms with Crippen LogP contribution in [0.25, 0.3) is 11.0 Å². The molecule has 1 aliphatic carbocycles. The number of alkyl carbamates (subject to hydrolysis) is 1. The molecule has 7 heteroatoms. The highest BCUT2D eigenvalue weighted by Gasteiger charge is 2.41. The number of amides is 2. The fourth-order valence-electron chi connectivity index (χ4n) is 4.42. The SMILES string of the molecule is CC1(C)OC(=O)N[C@H]1c1ccccc1.O=C(NC1CCCCC1)c1ccnc2[nH]ccc12. The van der Waals surface area contributed by atoms with Gasteiger partial charge in [-0.1, -0.05) is 49.6 Å². The van der Waals surface area contributed by atoms with Crippen LogP contribution in [-0.2, 0) is 4.74 Å². The molecule has 0 radical (unpaired) electrons. The Bertz CT molecular complexity index is 1070. The van der Waals surface area contributed by atoms with Crippen LogP contribution in [0, 0.1) is 0 Å². The number of nitrogens with one attached hydrogen (secondary N) is 3. The van der Waals surface area contributed by atoms with Gasteiger partial charge in [-0.25, -0.2) is 9.78 Å². The molecular weight excluding hydrogens is 404 g/mol. The third-order valence-corrected chi connectivity index (χ3v) is 6.09. The highest BCUT2D eigenvalue weighted by Crippen LogP contribution is 2.33. The van der Waals surface area contributed by atoms with Crippen LogP contribution in [0.2, 0.25) is 0 Å². The van der Waals surface area contributed by atoms with Crippen molar-refractivity contribution in [2.45, 2.75) is 63.6 Å². The van der Waals surface area contributed by atoms with E-state index in [4.69, 9.17) is 4.74 Å². The van der Waals surface area contributed by atoms with Crippen molar-refractivity contribution in [2.24, 2.45) is 0 Å². The molecule has 168 valence electrons. The van der Waals surface area contributed by atoms with Gasteiger partial charge in [-0.3, -0.25) is 4.79 Å². The Morgan fingerprint density at radius 1 is 1.09 bits per heavy atom. The van der Waals surface area contributed by atoms with Gasteiger partial charge >= 0.3 is 6.09 Å². The Labute approximate surface area is 188 Å². The van der Waals surface area contributed by atoms with E-state index in [0.717, 1.165) is 29.4 Å². The molecular formula is C25H30N4O3. The number of aromatic nitrogens is 2. The summed E-state index contributed by atoms with van der Waals surface area (Å²) in [6, 6.07) is 13.8. The van der Waals surface area contributed by atoms with Gasteiger partial charge in [-0.15, -0.1) is 0 Å². The minimum atomic E-state index is -0.474. The number of hydrogen-bond donors (Lipinski definition) is 3. The van der Waals surface area contributed by atoms with E-state index in [-0.39, 0.29) is 18.0 Å². The van der Waals surface area contributed by atoms with Gasteiger partial charge < -0.3 is 20.4 Å². The van der Waals surface area contributed by atoms with Crippen LogP contribution in [0.5, 0.6) is 0 Å². The maximum Gasteiger partial charge on any atom is 0.408 e. The molecule has 5 rings (SSSR count). The molecule has 2 amide bonds. The number of carbonyl (C=O) groups is 2. The molecule has 0 bridgehead atoms. The van der Waals surface area contributed by atoms with Crippen molar-refractivity contribution in [2.75, 3.05) is 0 Å². The average molecular weight is 435 g/mol. The van der Waals surface area contributed by atoms with Gasteiger partial charge in [0.1, 0.15) is 11.2 Å². The zero-order valence-electron chi connectivity index (χ0n) is 18.6. The number of rotatable bonds is 3. The van der Waals surface area contributed by atoms with Crippen molar-refractivity contribution in [3.8, 4) is 0 Å². The summed E-state index contributed by atoms with van der Waals surface area (Å²) in [5.41, 5.74) is 2.08. The zero-order valence-corrected chi connectivity index (χ0v) is 18.6. The van der Waals surface area contributed by atoms with Crippen molar-refractivity contribution in [1.29, 1.82) is 0 Å². The van der Waals surface area contributed by atoms with Gasteiger partial charge in [0, 0.05) is 23.8 Å². The lowest BCUT2D eigenvalue weighted by atomic mass is 9.93. The van der Waals surface area contributed by atoms with Crippen LogP contribution < -0.4 is 10.6 Å². The summed E-state index contributed by atoms with van der Waals surface area (Å²) in [4.78, 5) is 30.6. The van der Waals surface area contributed by atoms with E-state index in [9.17, 15) is 9.59 Å². The molecule has 1 saturated heterocycles. The quantitative estimate of drug-likeness (QED) is 0.548. The second kappa shape index (κ2) is 9.42. The number of fused-ring (bicyclic) bond motifs is 1. The standard InChI is InChI=1S/C14H17N3O.C11H13NO2/c18-14(17-10-4-2-1-3-5-10)12-7-9-16-13-11(12)6-8-15-13;1-11(2)9(12-10(13)14-11)8-6-4-3-5-7-8/h6-10H,1-5H2,(H,15,16)(H,17,18);3-7,9H,1-2H3,(H,12,13)/t;9-/m.0/s1. The van der Waals surface area contributed by atoms with Crippen LogP contribution in [0.4, 0.5) is 4.79 Å². The molecule has 2 aliphatic rings. The summed E-state index contributed by atoms with van der Waals surface area (Å²) in [7, 11) is 0. The van der Waals surface area contributed by atoms with Crippen LogP contribution in [0.15, 0.2) is 54.9 Å². The fourth-order valence-corrected chi connectivity index (χ4v) is 4.42. The van der Waals surface area contributed by atoms with Gasteiger partial charge in [0.15, 0.2) is 0 Å². The molecule has 0 spiro atoms. The van der Waals surface area contributed by atoms with Crippen molar-refractivity contribution in [3.63, 3.8) is 0 Å². The lowest BCUT2D eigenvalue weighted by Gasteiger charge is -2.23. The van der Waals surface area contributed by atoms with E-state index >= 15 is 0 Å². The minimum Gasteiger partial charge on any atom is -0.441 e. The van der Waals surface area contributed by atoms with Crippen molar-refractivity contribution in [1.82, 2.24) is 20.6 Å². The number of benzene rings is 1. The second-order valence-corrected chi connectivity index (χ2v) is 8.89. The molecule has 3 heterocycles. The predicted molar refractivity (Wildman–Crippen MR) is 123 cm³/mol. The van der Waals surface area contributed by atoms with Gasteiger partial charge in [0.2, 0.25) is 0 Å². The monoisotopic (exact) mass is 434 g/mol. The van der Waals surface area contributed by atoms with E-state index in [1.807, 2.05) is 56.4 Å². The third-order valence-electron chi connectivity index (χ3n) is 6.09. The molecule has 1 aliphatic heterocycles. The number of carbonyl (C=O) groups excluding carboxylic acids is 2. The molecule has 7 nitrogen and oxygen atoms in total. The Morgan fingerprint density at radius 3 is 2.53 bits per heavy atom. The molecule has 3 N–H and O–H groups in total. The summed E-state index contributed by atoms with van der Waals surface area (Å²) in [6.07, 6.45) is 9.10. The first-order chi connectivity index (χ1) is 15.4. The summed E-state index contributed by atoms with van der Waals surface area (Å²) >= 11 is 0. The molecule has 0 unspecified atom stereocenters. The molecule has 1 aromatic carbocycles. The first kappa shape index (κ1) is 21.9. The zero-order chi connectivity index (χ0) is 22.6. The highest BCUT2D eigenvalue weighted by atomic mass is 16.6. The number of nitrogens with zero attached hydrogens (tertiary/aromatic N) is 1. The van der Waals surface area contributed by atoms with E-state index in [0.29, 0.717) is 11.6 Å². The number of hydrogen-bond acceptors (Lipinski definition) is 4. The van der Waals surface area contributed by atoms with Gasteiger partial charge in [0.05, 0.1) is 11.6 Å². The average Bonchev–Trinajstić information content (AvgIpc) is 3.38. The normalized spacial score (nSPS) is 20.1. The molecule has 1 atom stereocenters. The summed E-state index contributed by atoms with van der Waals surface area (Å²) in [6.45, 7) is 3.81. The van der Waals surface area contributed by atoms with Crippen molar-refractivity contribution in [3.05, 3.63) is 66.0 Å². The van der Waals surface area contributed by atoms with Gasteiger partial charge in [-0.05, 0) is 44.4 Å². The van der Waals surface area contributed by atoms with Crippen molar-refractivity contribution < 1.29 is 14.3 Å². The second-order valence-electron chi connectivity index (χ2n) is 8.89. The van der Waals surface area contributed by atoms with Crippen LogP contribution in [0.3, 0.4) is 0 Å². The van der Waals surface area contributed by atoms with Gasteiger partial charge in [-0.2, -0.15) is 0 Å². The van der Waals surface area contributed by atoms with Crippen LogP contribution >= 0.6 is 0 Å². The highest BCUT2D eigenvalue weighted by molar-refractivity contribution is 6.05. The Kier molecular flexibility index (Phi) is 6.44. The molecule has 1 saturated carbocycles. The fraction of sp³-hybridized carbons (Fsp3) is 0.400. The lowest BCUT2D eigenvalue weighted by molar-refractivity contribution is 0.0684. The molecule has 2 aromatic heterocycles.